The number of carbonyl (C=O) groups excluding carboxylic acids is 1. The minimum absolute atomic E-state index is 0.0226. The molecule has 26 heavy (non-hydrogen) atoms. The highest BCUT2D eigenvalue weighted by Crippen LogP contribution is 2.46. The van der Waals surface area contributed by atoms with Crippen molar-refractivity contribution in [3.63, 3.8) is 0 Å². The summed E-state index contributed by atoms with van der Waals surface area (Å²) in [5.41, 5.74) is 1.86. The van der Waals surface area contributed by atoms with E-state index in [0.29, 0.717) is 6.54 Å². The molecule has 0 saturated heterocycles. The van der Waals surface area contributed by atoms with Gasteiger partial charge >= 0.3 is 0 Å². The molecule has 2 heterocycles. The van der Waals surface area contributed by atoms with Crippen LogP contribution in [0.2, 0.25) is 0 Å². The Morgan fingerprint density at radius 3 is 2.38 bits per heavy atom. The lowest BCUT2D eigenvalue weighted by Gasteiger charge is -2.27. The first-order chi connectivity index (χ1) is 11.9. The van der Waals surface area contributed by atoms with Crippen LogP contribution in [0.15, 0.2) is 33.6 Å². The van der Waals surface area contributed by atoms with Crippen LogP contribution in [-0.2, 0) is 10.0 Å². The molecule has 1 unspecified atom stereocenters. The third kappa shape index (κ3) is 2.95. The Kier molecular flexibility index (Phi) is 4.28. The van der Waals surface area contributed by atoms with Crippen molar-refractivity contribution in [2.75, 3.05) is 11.4 Å². The van der Waals surface area contributed by atoms with Crippen LogP contribution in [0.1, 0.15) is 54.1 Å². The number of anilines is 1. The predicted molar refractivity (Wildman–Crippen MR) is 99.9 cm³/mol. The van der Waals surface area contributed by atoms with E-state index in [-0.39, 0.29) is 33.3 Å². The number of fused-ring (bicyclic) bond motifs is 1. The van der Waals surface area contributed by atoms with Crippen molar-refractivity contribution in [3.8, 4) is 0 Å². The maximum absolute atomic E-state index is 13.3. The minimum atomic E-state index is -4.08. The fraction of sp³-hybridized carbons (Fsp3) is 0.421. The van der Waals surface area contributed by atoms with Gasteiger partial charge in [-0.25, -0.2) is 13.6 Å². The Bertz CT molecular complexity index is 983. The first-order valence-electron chi connectivity index (χ1n) is 8.46. The summed E-state index contributed by atoms with van der Waals surface area (Å²) in [7, 11) is -4.08. The molecule has 2 N–H and O–H groups in total. The van der Waals surface area contributed by atoms with E-state index in [2.05, 4.69) is 20.8 Å². The maximum Gasteiger partial charge on any atom is 0.263 e. The fourth-order valence-corrected chi connectivity index (χ4v) is 4.69. The highest BCUT2D eigenvalue weighted by Gasteiger charge is 2.41. The van der Waals surface area contributed by atoms with Gasteiger partial charge in [0, 0.05) is 18.2 Å². The largest absolute Gasteiger partial charge is 0.464 e. The first-order valence-corrected chi connectivity index (χ1v) is 10.0. The summed E-state index contributed by atoms with van der Waals surface area (Å²) >= 11 is 0. The number of para-hydroxylation sites is 1. The average molecular weight is 376 g/mol. The fourth-order valence-electron chi connectivity index (χ4n) is 3.73. The molecule has 1 aliphatic rings. The number of sulfonamides is 1. The van der Waals surface area contributed by atoms with Crippen LogP contribution in [0.3, 0.4) is 0 Å². The Labute approximate surface area is 154 Å². The standard InChI is InChI=1S/C19H24N2O4S/c1-11-16(17(12(2)25-11)26(20,23)24)18(22)21-10-14(19(3,4)5)13-8-6-7-9-15(13)21/h6-9,14H,10H2,1-5H3,(H2,20,23,24). The molecule has 7 heteroatoms. The second-order valence-corrected chi connectivity index (χ2v) is 9.36. The van der Waals surface area contributed by atoms with E-state index < -0.39 is 15.9 Å². The summed E-state index contributed by atoms with van der Waals surface area (Å²) in [5.74, 6) is 0.137. The second-order valence-electron chi connectivity index (χ2n) is 7.86. The molecule has 2 aromatic rings. The quantitative estimate of drug-likeness (QED) is 0.870. The molecule has 140 valence electrons. The Morgan fingerprint density at radius 2 is 1.81 bits per heavy atom. The van der Waals surface area contributed by atoms with Gasteiger partial charge in [-0.3, -0.25) is 4.79 Å². The number of nitrogens with zero attached hydrogens (tertiary/aromatic N) is 1. The zero-order valence-corrected chi connectivity index (χ0v) is 16.5. The van der Waals surface area contributed by atoms with Crippen LogP contribution in [-0.4, -0.2) is 20.9 Å². The molecule has 1 atom stereocenters. The van der Waals surface area contributed by atoms with Gasteiger partial charge < -0.3 is 9.32 Å². The van der Waals surface area contributed by atoms with E-state index in [1.165, 1.54) is 6.92 Å². The number of hydrogen-bond acceptors (Lipinski definition) is 4. The first kappa shape index (κ1) is 18.7. The summed E-state index contributed by atoms with van der Waals surface area (Å²) < 4.78 is 29.5. The van der Waals surface area contributed by atoms with Gasteiger partial charge in [0.1, 0.15) is 22.0 Å². The summed E-state index contributed by atoms with van der Waals surface area (Å²) in [6.45, 7) is 9.95. The lowest BCUT2D eigenvalue weighted by molar-refractivity contribution is 0.0981. The van der Waals surface area contributed by atoms with Crippen molar-refractivity contribution in [1.29, 1.82) is 0 Å². The van der Waals surface area contributed by atoms with Crippen molar-refractivity contribution in [1.82, 2.24) is 0 Å². The number of nitrogens with two attached hydrogens (primary N) is 1. The van der Waals surface area contributed by atoms with Gasteiger partial charge in [-0.05, 0) is 30.9 Å². The summed E-state index contributed by atoms with van der Waals surface area (Å²) in [6, 6.07) is 7.73. The zero-order chi connectivity index (χ0) is 19.4. The van der Waals surface area contributed by atoms with Crippen molar-refractivity contribution >= 4 is 21.6 Å². The molecule has 0 radical (unpaired) electrons. The molecular formula is C19H24N2O4S. The van der Waals surface area contributed by atoms with Crippen LogP contribution in [0.4, 0.5) is 5.69 Å². The lowest BCUT2D eigenvalue weighted by atomic mass is 9.78. The number of furan rings is 1. The molecule has 0 aliphatic carbocycles. The van der Waals surface area contributed by atoms with Gasteiger partial charge in [0.25, 0.3) is 5.91 Å². The van der Waals surface area contributed by atoms with Crippen molar-refractivity contribution in [2.45, 2.75) is 45.4 Å². The normalized spacial score (nSPS) is 17.5. The number of hydrogen-bond donors (Lipinski definition) is 1. The highest BCUT2D eigenvalue weighted by atomic mass is 32.2. The summed E-state index contributed by atoms with van der Waals surface area (Å²) in [5, 5.41) is 5.34. The van der Waals surface area contributed by atoms with Crippen LogP contribution < -0.4 is 10.0 Å². The molecule has 1 aliphatic heterocycles. The third-order valence-corrected chi connectivity index (χ3v) is 6.02. The smallest absolute Gasteiger partial charge is 0.263 e. The highest BCUT2D eigenvalue weighted by molar-refractivity contribution is 7.89. The molecule has 1 aromatic heterocycles. The van der Waals surface area contributed by atoms with Gasteiger partial charge in [-0.15, -0.1) is 0 Å². The van der Waals surface area contributed by atoms with Crippen molar-refractivity contribution in [3.05, 3.63) is 46.9 Å². The molecular weight excluding hydrogens is 352 g/mol. The van der Waals surface area contributed by atoms with E-state index in [4.69, 9.17) is 9.56 Å². The van der Waals surface area contributed by atoms with Crippen LogP contribution >= 0.6 is 0 Å². The van der Waals surface area contributed by atoms with E-state index in [0.717, 1.165) is 11.3 Å². The number of aryl methyl sites for hydroxylation is 2. The van der Waals surface area contributed by atoms with Gasteiger partial charge in [0.05, 0.1) is 0 Å². The monoisotopic (exact) mass is 376 g/mol. The van der Waals surface area contributed by atoms with Crippen molar-refractivity contribution in [2.24, 2.45) is 10.6 Å². The van der Waals surface area contributed by atoms with Crippen molar-refractivity contribution < 1.29 is 17.6 Å². The number of benzene rings is 1. The average Bonchev–Trinajstić information content (AvgIpc) is 3.03. The lowest BCUT2D eigenvalue weighted by Crippen LogP contribution is -2.33. The van der Waals surface area contributed by atoms with Gasteiger partial charge in [0.15, 0.2) is 0 Å². The van der Waals surface area contributed by atoms with E-state index >= 15 is 0 Å². The zero-order valence-electron chi connectivity index (χ0n) is 15.7. The molecule has 0 saturated carbocycles. The molecule has 6 nitrogen and oxygen atoms in total. The number of amides is 1. The Hall–Kier alpha value is -2.12. The Balaban J connectivity index is 2.14. The summed E-state index contributed by atoms with van der Waals surface area (Å²) in [4.78, 5) is 14.7. The number of rotatable bonds is 2. The third-order valence-electron chi connectivity index (χ3n) is 4.96. The van der Waals surface area contributed by atoms with Crippen LogP contribution in [0.5, 0.6) is 0 Å². The van der Waals surface area contributed by atoms with Gasteiger partial charge in [-0.1, -0.05) is 39.0 Å². The molecule has 0 spiro atoms. The van der Waals surface area contributed by atoms with E-state index in [9.17, 15) is 13.2 Å². The van der Waals surface area contributed by atoms with E-state index in [1.54, 1.807) is 11.8 Å². The molecule has 0 bridgehead atoms. The number of primary sulfonamides is 1. The Morgan fingerprint density at radius 1 is 1.19 bits per heavy atom. The van der Waals surface area contributed by atoms with E-state index in [1.807, 2.05) is 24.3 Å². The molecule has 1 amide bonds. The maximum atomic E-state index is 13.3. The predicted octanol–water partition coefficient (Wildman–Crippen LogP) is 3.33. The van der Waals surface area contributed by atoms with Crippen LogP contribution in [0, 0.1) is 19.3 Å². The minimum Gasteiger partial charge on any atom is -0.464 e. The summed E-state index contributed by atoms with van der Waals surface area (Å²) in [6.07, 6.45) is 0. The van der Waals surface area contributed by atoms with Gasteiger partial charge in [-0.2, -0.15) is 0 Å². The topological polar surface area (TPSA) is 93.6 Å². The molecule has 0 fully saturated rings. The number of carbonyl (C=O) groups is 1. The molecule has 1 aromatic carbocycles. The van der Waals surface area contributed by atoms with Crippen LogP contribution in [0.25, 0.3) is 0 Å². The van der Waals surface area contributed by atoms with Gasteiger partial charge in [0.2, 0.25) is 10.0 Å². The second kappa shape index (κ2) is 5.96. The SMILES string of the molecule is Cc1oc(C)c(S(N)(=O)=O)c1C(=O)N1CC(C(C)(C)C)c2ccccc21. The molecule has 3 rings (SSSR count).